The molecule has 0 aromatic carbocycles. The van der Waals surface area contributed by atoms with Crippen LogP contribution in [0, 0.1) is 16.7 Å². The average Bonchev–Trinajstić information content (AvgIpc) is 0.710. The van der Waals surface area contributed by atoms with Crippen molar-refractivity contribution in [3.8, 4) is 0 Å². The minimum absolute atomic E-state index is 0.232. The summed E-state index contributed by atoms with van der Waals surface area (Å²) in [5.74, 6) is -2.97. The Labute approximate surface area is 657 Å². The highest BCUT2D eigenvalue weighted by Crippen LogP contribution is 2.67. The zero-order valence-electron chi connectivity index (χ0n) is 68.4. The third-order valence-corrected chi connectivity index (χ3v) is 21.8. The third-order valence-electron chi connectivity index (χ3n) is 21.8. The second kappa shape index (κ2) is 72.2. The minimum atomic E-state index is -0.902. The Bertz CT molecular complexity index is 2430. The lowest BCUT2D eigenvalue weighted by Crippen LogP contribution is -2.62. The molecule has 0 aromatic rings. The van der Waals surface area contributed by atoms with Gasteiger partial charge in [0.1, 0.15) is 5.60 Å². The van der Waals surface area contributed by atoms with E-state index in [-0.39, 0.29) is 23.3 Å². The van der Waals surface area contributed by atoms with Gasteiger partial charge in [0.25, 0.3) is 0 Å². The van der Waals surface area contributed by atoms with Gasteiger partial charge in [-0.25, -0.2) is 38.4 Å². The Morgan fingerprint density at radius 3 is 0.648 bits per heavy atom. The van der Waals surface area contributed by atoms with Crippen LogP contribution in [0.2, 0.25) is 0 Å². The summed E-state index contributed by atoms with van der Waals surface area (Å²) in [4.78, 5) is 99.8. The quantitative estimate of drug-likeness (QED) is 0.0240. The highest BCUT2D eigenvalue weighted by Gasteiger charge is 2.64. The van der Waals surface area contributed by atoms with E-state index in [1.54, 1.807) is 0 Å². The number of hydrogen-bond acceptors (Lipinski definition) is 16. The monoisotopic (exact) mass is 1520 g/mol. The Morgan fingerprint density at radius 1 is 0.231 bits per heavy atom. The summed E-state index contributed by atoms with van der Waals surface area (Å²) in [6.45, 7) is 34.1. The lowest BCUT2D eigenvalue weighted by Gasteiger charge is -2.64. The van der Waals surface area contributed by atoms with Crippen molar-refractivity contribution in [1.82, 2.24) is 0 Å². The summed E-state index contributed by atoms with van der Waals surface area (Å²) in [5.41, 5.74) is -1.80. The first-order valence-corrected chi connectivity index (χ1v) is 43.0. The molecule has 16 heteroatoms. The van der Waals surface area contributed by atoms with Crippen LogP contribution in [0.15, 0.2) is 101 Å². The molecule has 0 rings (SSSR count). The highest BCUT2D eigenvalue weighted by atomic mass is 16.6. The fraction of sp³-hybridized carbons (Fsp3) is 0.739. The number of rotatable bonds is 82. The molecule has 108 heavy (non-hydrogen) atoms. The Hall–Kier alpha value is -6.32. The van der Waals surface area contributed by atoms with Gasteiger partial charge in [-0.1, -0.05) is 310 Å². The maximum absolute atomic E-state index is 15.3. The van der Waals surface area contributed by atoms with Crippen LogP contribution in [0.5, 0.6) is 0 Å². The zero-order chi connectivity index (χ0) is 79.6. The number of carbonyl (C=O) groups is 8. The first-order chi connectivity index (χ1) is 52.6. The lowest BCUT2D eigenvalue weighted by atomic mass is 9.42. The molecule has 0 saturated carbocycles. The summed E-state index contributed by atoms with van der Waals surface area (Å²) in [7, 11) is 0. The molecular weight excluding hydrogens is 1360 g/mol. The van der Waals surface area contributed by atoms with Crippen molar-refractivity contribution < 1.29 is 76.3 Å². The van der Waals surface area contributed by atoms with Crippen molar-refractivity contribution in [3.05, 3.63) is 101 Å². The van der Waals surface area contributed by atoms with Gasteiger partial charge in [0.05, 0.1) is 46.2 Å². The van der Waals surface area contributed by atoms with E-state index in [1.807, 2.05) is 0 Å². The van der Waals surface area contributed by atoms with Gasteiger partial charge in [-0.3, -0.25) is 0 Å². The van der Waals surface area contributed by atoms with Crippen LogP contribution in [0.25, 0.3) is 0 Å². The molecule has 0 saturated heterocycles. The van der Waals surface area contributed by atoms with Crippen LogP contribution in [-0.4, -0.2) is 99.6 Å². The molecular formula is C92H154O16. The Morgan fingerprint density at radius 2 is 0.417 bits per heavy atom. The number of esters is 8. The molecule has 0 bridgehead atoms. The zero-order valence-corrected chi connectivity index (χ0v) is 68.4. The van der Waals surface area contributed by atoms with E-state index in [9.17, 15) is 33.6 Å². The second-order valence-electron chi connectivity index (χ2n) is 29.9. The van der Waals surface area contributed by atoms with E-state index in [0.717, 1.165) is 340 Å². The molecule has 4 unspecified atom stereocenters. The van der Waals surface area contributed by atoms with Gasteiger partial charge in [-0.15, -0.1) is 0 Å². The van der Waals surface area contributed by atoms with Crippen LogP contribution >= 0.6 is 0 Å². The lowest BCUT2D eigenvalue weighted by molar-refractivity contribution is -0.225. The smallest absolute Gasteiger partial charge is 0.330 e. The summed E-state index contributed by atoms with van der Waals surface area (Å²) in [5, 5.41) is 0. The summed E-state index contributed by atoms with van der Waals surface area (Å²) in [6, 6.07) is 0. The van der Waals surface area contributed by atoms with Gasteiger partial charge in [-0.05, 0) is 120 Å². The van der Waals surface area contributed by atoms with Crippen LogP contribution in [0.4, 0.5) is 0 Å². The number of hydrogen-bond donors (Lipinski definition) is 0. The average molecular weight is 1520 g/mol. The van der Waals surface area contributed by atoms with Crippen LogP contribution in [0.1, 0.15) is 366 Å². The van der Waals surface area contributed by atoms with Crippen molar-refractivity contribution in [2.24, 2.45) is 16.7 Å². The van der Waals surface area contributed by atoms with Crippen molar-refractivity contribution in [3.63, 3.8) is 0 Å². The highest BCUT2D eigenvalue weighted by molar-refractivity contribution is 5.83. The van der Waals surface area contributed by atoms with Gasteiger partial charge in [0.15, 0.2) is 0 Å². The summed E-state index contributed by atoms with van der Waals surface area (Å²) in [6.07, 6.45) is 64.0. The molecule has 0 amide bonds. The van der Waals surface area contributed by atoms with Crippen LogP contribution in [-0.2, 0) is 76.3 Å². The molecule has 0 radical (unpaired) electrons. The van der Waals surface area contributed by atoms with Gasteiger partial charge >= 0.3 is 47.8 Å². The van der Waals surface area contributed by atoms with Crippen molar-refractivity contribution in [2.75, 3.05) is 46.2 Å². The fourth-order valence-corrected chi connectivity index (χ4v) is 16.1. The number of carbonyl (C=O) groups excluding carboxylic acids is 8. The SMILES string of the molecule is C=CC(=O)OCCCCCCCCCCCC(CCCCCCCCCCOC(=O)C=C)(OC(=O)C=C)C(CCCCCCCCCOC(=O)C=C)(CCCCCCCCOC(=O)C=C)C(CCCCCCCOC(=O)C=C)(CCCCCCOC(=O)C=C)C(CCCCCCCC)CCCCCOC(=O)C=C. The molecule has 0 spiro atoms. The largest absolute Gasteiger partial charge is 0.463 e. The molecule has 0 aliphatic rings. The predicted octanol–water partition coefficient (Wildman–Crippen LogP) is 24.0. The maximum atomic E-state index is 15.3. The van der Waals surface area contributed by atoms with Gasteiger partial charge < -0.3 is 37.9 Å². The molecule has 0 aromatic heterocycles. The van der Waals surface area contributed by atoms with E-state index >= 15 is 4.79 Å². The van der Waals surface area contributed by atoms with Gasteiger partial charge in [0.2, 0.25) is 0 Å². The number of ether oxygens (including phenoxy) is 8. The molecule has 618 valence electrons. The van der Waals surface area contributed by atoms with E-state index in [4.69, 9.17) is 37.9 Å². The van der Waals surface area contributed by atoms with E-state index in [0.29, 0.717) is 46.2 Å². The molecule has 0 aliphatic carbocycles. The first kappa shape index (κ1) is 102. The van der Waals surface area contributed by atoms with Crippen LogP contribution in [0.3, 0.4) is 0 Å². The molecule has 0 aliphatic heterocycles. The molecule has 0 fully saturated rings. The third kappa shape index (κ3) is 52.0. The molecule has 16 nitrogen and oxygen atoms in total. The van der Waals surface area contributed by atoms with Crippen LogP contribution < -0.4 is 0 Å². The van der Waals surface area contributed by atoms with Gasteiger partial charge in [0, 0.05) is 54.0 Å². The number of unbranched alkanes of at least 4 members (excludes halogenated alkanes) is 40. The van der Waals surface area contributed by atoms with Crippen molar-refractivity contribution in [1.29, 1.82) is 0 Å². The molecule has 4 atom stereocenters. The predicted molar refractivity (Wildman–Crippen MR) is 440 cm³/mol. The normalized spacial score (nSPS) is 13.0. The van der Waals surface area contributed by atoms with E-state index < -0.39 is 46.8 Å². The summed E-state index contributed by atoms with van der Waals surface area (Å²) >= 11 is 0. The second-order valence-corrected chi connectivity index (χ2v) is 29.9. The van der Waals surface area contributed by atoms with Crippen molar-refractivity contribution >= 4 is 47.8 Å². The topological polar surface area (TPSA) is 210 Å². The Kier molecular flexibility index (Phi) is 68.0. The summed E-state index contributed by atoms with van der Waals surface area (Å²) < 4.78 is 45.8. The Balaban J connectivity index is 9.20. The first-order valence-electron chi connectivity index (χ1n) is 43.0. The van der Waals surface area contributed by atoms with E-state index in [2.05, 4.69) is 59.6 Å². The van der Waals surface area contributed by atoms with E-state index in [1.165, 1.54) is 67.9 Å². The standard InChI is InChI=1S/C92H154O16/c1-10-19-20-21-37-51-66-81(67-52-50-65-80-107-88(99)17-8)90(69-54-43-49-64-79-106-87(98)16-7,68-53-38-36-48-63-78-105-86(97)15-6)91(71-56-40-31-35-47-62-77-104-85(96)14-5,70-55-39-28-27-34-46-61-76-103-84(95)13-4)92(108-89(100)18-9,73-58-42-30-24-26-33-45-60-75-102-83(94)12-3)72-57-41-29-23-22-25-32-44-59-74-101-82(93)11-2/h11-18,81H,2-10,19-80H2,1H3. The van der Waals surface area contributed by atoms with Crippen molar-refractivity contribution in [2.45, 2.75) is 372 Å². The molecule has 0 N–H and O–H groups in total. The van der Waals surface area contributed by atoms with Gasteiger partial charge in [-0.2, -0.15) is 0 Å². The molecule has 0 heterocycles. The minimum Gasteiger partial charge on any atom is -0.463 e. The maximum Gasteiger partial charge on any atom is 0.330 e. The fourth-order valence-electron chi connectivity index (χ4n) is 16.1.